The molecule has 0 aliphatic rings. The molecule has 0 aliphatic carbocycles. The van der Waals surface area contributed by atoms with E-state index in [1.807, 2.05) is 0 Å². The molecule has 30 heavy (non-hydrogen) atoms. The van der Waals surface area contributed by atoms with Gasteiger partial charge in [-0.2, -0.15) is 5.10 Å². The number of methoxy groups -OCH3 is 1. The van der Waals surface area contributed by atoms with Crippen LogP contribution in [0.2, 0.25) is 10.0 Å². The lowest BCUT2D eigenvalue weighted by Gasteiger charge is -2.10. The number of hydrazone groups is 1. The van der Waals surface area contributed by atoms with Crippen molar-refractivity contribution in [2.75, 3.05) is 7.11 Å². The number of aromatic nitrogens is 1. The highest BCUT2D eigenvalue weighted by atomic mass is 35.5. The van der Waals surface area contributed by atoms with E-state index in [2.05, 4.69) is 15.5 Å². The molecule has 0 spiro atoms. The van der Waals surface area contributed by atoms with Crippen molar-refractivity contribution in [2.24, 2.45) is 5.10 Å². The summed E-state index contributed by atoms with van der Waals surface area (Å²) in [4.78, 5) is 28.2. The van der Waals surface area contributed by atoms with Crippen LogP contribution in [0.25, 0.3) is 0 Å². The van der Waals surface area contributed by atoms with Crippen molar-refractivity contribution in [3.8, 4) is 11.5 Å². The summed E-state index contributed by atoms with van der Waals surface area (Å²) in [5, 5.41) is 4.50. The number of nitrogens with zero attached hydrogens (tertiary/aromatic N) is 2. The second kappa shape index (κ2) is 9.87. The zero-order chi connectivity index (χ0) is 21.5. The lowest BCUT2D eigenvalue weighted by Crippen LogP contribution is -2.17. The van der Waals surface area contributed by atoms with Crippen molar-refractivity contribution in [3.63, 3.8) is 0 Å². The number of pyridine rings is 1. The molecular formula is C21H15Cl2N3O4. The molecule has 7 nitrogen and oxygen atoms in total. The topological polar surface area (TPSA) is 89.9 Å². The van der Waals surface area contributed by atoms with Gasteiger partial charge in [-0.05, 0) is 54.1 Å². The number of hydrogen-bond acceptors (Lipinski definition) is 6. The van der Waals surface area contributed by atoms with Crippen molar-refractivity contribution in [1.82, 2.24) is 10.4 Å². The van der Waals surface area contributed by atoms with Crippen molar-refractivity contribution < 1.29 is 19.1 Å². The maximum atomic E-state index is 12.4. The largest absolute Gasteiger partial charge is 0.493 e. The second-order valence-electron chi connectivity index (χ2n) is 5.86. The molecule has 0 aliphatic heterocycles. The van der Waals surface area contributed by atoms with Crippen LogP contribution in [0.5, 0.6) is 11.5 Å². The Hall–Kier alpha value is -3.42. The van der Waals surface area contributed by atoms with Gasteiger partial charge in [0, 0.05) is 23.0 Å². The first kappa shape index (κ1) is 21.3. The average molecular weight is 444 g/mol. The number of benzene rings is 2. The summed E-state index contributed by atoms with van der Waals surface area (Å²) in [5.41, 5.74) is 3.64. The summed E-state index contributed by atoms with van der Waals surface area (Å²) < 4.78 is 10.7. The Balaban J connectivity index is 1.70. The molecule has 0 saturated carbocycles. The summed E-state index contributed by atoms with van der Waals surface area (Å²) in [6.45, 7) is 0. The maximum absolute atomic E-state index is 12.4. The fourth-order valence-corrected chi connectivity index (χ4v) is 2.88. The van der Waals surface area contributed by atoms with Crippen molar-refractivity contribution in [3.05, 3.63) is 87.7 Å². The van der Waals surface area contributed by atoms with Crippen LogP contribution in [0, 0.1) is 0 Å². The Morgan fingerprint density at radius 1 is 1.03 bits per heavy atom. The van der Waals surface area contributed by atoms with Gasteiger partial charge in [0.1, 0.15) is 0 Å². The van der Waals surface area contributed by atoms with Crippen LogP contribution in [0.15, 0.2) is 66.0 Å². The highest BCUT2D eigenvalue weighted by molar-refractivity contribution is 6.36. The molecule has 0 unspecified atom stereocenters. The van der Waals surface area contributed by atoms with Crippen molar-refractivity contribution >= 4 is 41.3 Å². The molecule has 0 atom stereocenters. The van der Waals surface area contributed by atoms with Gasteiger partial charge in [0.05, 0.1) is 23.9 Å². The first-order chi connectivity index (χ1) is 14.5. The number of rotatable bonds is 6. The third kappa shape index (κ3) is 5.34. The van der Waals surface area contributed by atoms with E-state index in [9.17, 15) is 9.59 Å². The van der Waals surface area contributed by atoms with E-state index in [-0.39, 0.29) is 22.2 Å². The van der Waals surface area contributed by atoms with Crippen LogP contribution in [-0.2, 0) is 0 Å². The molecule has 3 rings (SSSR count). The van der Waals surface area contributed by atoms with E-state index >= 15 is 0 Å². The smallest absolute Gasteiger partial charge is 0.345 e. The van der Waals surface area contributed by atoms with Crippen molar-refractivity contribution in [1.29, 1.82) is 0 Å². The molecule has 0 fully saturated rings. The van der Waals surface area contributed by atoms with Crippen molar-refractivity contribution in [2.45, 2.75) is 0 Å². The fourth-order valence-electron chi connectivity index (χ4n) is 2.39. The highest BCUT2D eigenvalue weighted by Gasteiger charge is 2.16. The molecule has 0 radical (unpaired) electrons. The van der Waals surface area contributed by atoms with E-state index in [4.69, 9.17) is 32.7 Å². The van der Waals surface area contributed by atoms with Crippen LogP contribution in [0.4, 0.5) is 0 Å². The summed E-state index contributed by atoms with van der Waals surface area (Å²) in [6, 6.07) is 12.4. The van der Waals surface area contributed by atoms with E-state index in [0.717, 1.165) is 0 Å². The molecule has 1 heterocycles. The molecule has 1 N–H and O–H groups in total. The van der Waals surface area contributed by atoms with E-state index in [0.29, 0.717) is 21.9 Å². The number of halogens is 2. The third-order valence-corrected chi connectivity index (χ3v) is 4.41. The molecule has 9 heteroatoms. The quantitative estimate of drug-likeness (QED) is 0.264. The normalized spacial score (nSPS) is 10.6. The molecule has 0 saturated heterocycles. The minimum absolute atomic E-state index is 0.174. The van der Waals surface area contributed by atoms with Gasteiger partial charge < -0.3 is 9.47 Å². The van der Waals surface area contributed by atoms with E-state index in [1.54, 1.807) is 36.4 Å². The van der Waals surface area contributed by atoms with Gasteiger partial charge in [0.2, 0.25) is 0 Å². The average Bonchev–Trinajstić information content (AvgIpc) is 2.75. The number of carbonyl (C=O) groups excluding carboxylic acids is 2. The minimum Gasteiger partial charge on any atom is -0.493 e. The van der Waals surface area contributed by atoms with Gasteiger partial charge in [0.15, 0.2) is 11.5 Å². The summed E-state index contributed by atoms with van der Waals surface area (Å²) in [5.74, 6) is -0.517. The second-order valence-corrected chi connectivity index (χ2v) is 6.70. The van der Waals surface area contributed by atoms with Gasteiger partial charge in [-0.25, -0.2) is 10.2 Å². The summed E-state index contributed by atoms with van der Waals surface area (Å²) >= 11 is 11.9. The van der Waals surface area contributed by atoms with Crippen LogP contribution in [0.3, 0.4) is 0 Å². The monoisotopic (exact) mass is 443 g/mol. The van der Waals surface area contributed by atoms with Crippen LogP contribution >= 0.6 is 23.2 Å². The Morgan fingerprint density at radius 2 is 1.80 bits per heavy atom. The molecule has 152 valence electrons. The Kier molecular flexibility index (Phi) is 7.00. The summed E-state index contributed by atoms with van der Waals surface area (Å²) in [6.07, 6.45) is 4.46. The van der Waals surface area contributed by atoms with Gasteiger partial charge >= 0.3 is 5.97 Å². The highest BCUT2D eigenvalue weighted by Crippen LogP contribution is 2.29. The fraction of sp³-hybridized carbons (Fsp3) is 0.0476. The zero-order valence-corrected chi connectivity index (χ0v) is 17.1. The number of carbonyl (C=O) groups is 2. The van der Waals surface area contributed by atoms with Crippen LogP contribution in [0.1, 0.15) is 26.3 Å². The maximum Gasteiger partial charge on any atom is 0.345 e. The SMILES string of the molecule is COc1cc(/C=N\NC(=O)c2ccncc2)ccc1OC(=O)c1ccc(Cl)cc1Cl. The number of amides is 1. The predicted molar refractivity (Wildman–Crippen MR) is 114 cm³/mol. The zero-order valence-electron chi connectivity index (χ0n) is 15.6. The standard InChI is InChI=1S/C21H15Cl2N3O4/c1-29-19-10-13(12-25-26-20(27)14-6-8-24-9-7-14)2-5-18(19)30-21(28)16-4-3-15(22)11-17(16)23/h2-12H,1H3,(H,26,27)/b25-12-. The number of nitrogens with one attached hydrogen (secondary N) is 1. The number of esters is 1. The molecular weight excluding hydrogens is 429 g/mol. The molecule has 3 aromatic rings. The Labute approximate surface area is 182 Å². The number of hydrogen-bond donors (Lipinski definition) is 1. The first-order valence-electron chi connectivity index (χ1n) is 8.56. The van der Waals surface area contributed by atoms with Gasteiger partial charge in [-0.1, -0.05) is 23.2 Å². The predicted octanol–water partition coefficient (Wildman–Crippen LogP) is 4.38. The summed E-state index contributed by atoms with van der Waals surface area (Å²) in [7, 11) is 1.44. The van der Waals surface area contributed by atoms with Gasteiger partial charge in [0.25, 0.3) is 5.91 Å². The van der Waals surface area contributed by atoms with Gasteiger partial charge in [-0.3, -0.25) is 9.78 Å². The minimum atomic E-state index is -0.652. The lowest BCUT2D eigenvalue weighted by molar-refractivity contribution is 0.0729. The Bertz CT molecular complexity index is 1100. The third-order valence-electron chi connectivity index (χ3n) is 3.86. The number of ether oxygens (including phenoxy) is 2. The first-order valence-corrected chi connectivity index (χ1v) is 9.32. The molecule has 1 aromatic heterocycles. The van der Waals surface area contributed by atoms with Gasteiger partial charge in [-0.15, -0.1) is 0 Å². The lowest BCUT2D eigenvalue weighted by atomic mass is 10.2. The molecule has 2 aromatic carbocycles. The van der Waals surface area contributed by atoms with Crippen LogP contribution in [-0.4, -0.2) is 30.2 Å². The molecule has 0 bridgehead atoms. The van der Waals surface area contributed by atoms with Crippen LogP contribution < -0.4 is 14.9 Å². The Morgan fingerprint density at radius 3 is 2.50 bits per heavy atom. The van der Waals surface area contributed by atoms with E-state index < -0.39 is 5.97 Å². The van der Waals surface area contributed by atoms with E-state index in [1.165, 1.54) is 37.9 Å². The molecule has 1 amide bonds.